The first-order valence-corrected chi connectivity index (χ1v) is 4.62. The lowest BCUT2D eigenvalue weighted by molar-refractivity contribution is -0.116. The summed E-state index contributed by atoms with van der Waals surface area (Å²) in [6.07, 6.45) is 0. The van der Waals surface area contributed by atoms with Crippen LogP contribution in [0.3, 0.4) is 0 Å². The number of ether oxygens (including phenoxy) is 1. The number of anilines is 1. The fourth-order valence-electron chi connectivity index (χ4n) is 1.03. The van der Waals surface area contributed by atoms with Gasteiger partial charge >= 0.3 is 0 Å². The fraction of sp³-hybridized carbons (Fsp3) is 0.444. The van der Waals surface area contributed by atoms with Crippen LogP contribution in [0.4, 0.5) is 5.82 Å². The number of nitrogens with one attached hydrogen (secondary N) is 1. The fourth-order valence-corrected chi connectivity index (χ4v) is 1.03. The van der Waals surface area contributed by atoms with Crippen LogP contribution < -0.4 is 15.8 Å². The molecule has 6 nitrogen and oxygen atoms in total. The number of nitrogens with zero attached hydrogens (tertiary/aromatic N) is 2. The van der Waals surface area contributed by atoms with Gasteiger partial charge in [-0.3, -0.25) is 4.79 Å². The molecule has 1 heterocycles. The van der Waals surface area contributed by atoms with Crippen molar-refractivity contribution in [2.24, 2.45) is 5.73 Å². The zero-order valence-corrected chi connectivity index (χ0v) is 8.78. The van der Waals surface area contributed by atoms with E-state index in [4.69, 9.17) is 10.5 Å². The molecule has 0 saturated carbocycles. The maximum atomic E-state index is 10.6. The molecular weight excluding hydrogens is 196 g/mol. The summed E-state index contributed by atoms with van der Waals surface area (Å²) in [4.78, 5) is 18.7. The number of aromatic nitrogens is 2. The molecule has 0 aliphatic carbocycles. The number of amides is 1. The largest absolute Gasteiger partial charge is 0.478 e. The van der Waals surface area contributed by atoms with E-state index in [-0.39, 0.29) is 6.54 Å². The molecule has 0 unspecified atom stereocenters. The summed E-state index contributed by atoms with van der Waals surface area (Å²) >= 11 is 0. The molecule has 82 valence electrons. The van der Waals surface area contributed by atoms with Gasteiger partial charge in [0.05, 0.1) is 13.2 Å². The molecule has 0 aliphatic heterocycles. The van der Waals surface area contributed by atoms with E-state index in [9.17, 15) is 4.79 Å². The first-order chi connectivity index (χ1) is 7.11. The summed E-state index contributed by atoms with van der Waals surface area (Å²) < 4.78 is 5.23. The smallest absolute Gasteiger partial charge is 0.236 e. The SMILES string of the molecule is CCOc1cc(NCC(N)=O)nc(C)n1. The van der Waals surface area contributed by atoms with Crippen molar-refractivity contribution < 1.29 is 9.53 Å². The number of hydrogen-bond donors (Lipinski definition) is 2. The van der Waals surface area contributed by atoms with Gasteiger partial charge in [-0.05, 0) is 13.8 Å². The third-order valence-corrected chi connectivity index (χ3v) is 1.55. The van der Waals surface area contributed by atoms with Crippen LogP contribution in [0.2, 0.25) is 0 Å². The standard InChI is InChI=1S/C9H14N4O2/c1-3-15-9-4-8(11-5-7(10)14)12-6(2)13-9/h4H,3,5H2,1-2H3,(H2,10,14)(H,11,12,13). The Morgan fingerprint density at radius 3 is 2.93 bits per heavy atom. The molecule has 0 fully saturated rings. The lowest BCUT2D eigenvalue weighted by Crippen LogP contribution is -2.22. The van der Waals surface area contributed by atoms with Crippen molar-refractivity contribution in [1.29, 1.82) is 0 Å². The molecule has 3 N–H and O–H groups in total. The van der Waals surface area contributed by atoms with E-state index in [0.717, 1.165) is 0 Å². The Bertz CT molecular complexity index is 354. The van der Waals surface area contributed by atoms with E-state index in [0.29, 0.717) is 24.1 Å². The summed E-state index contributed by atoms with van der Waals surface area (Å²) in [7, 11) is 0. The molecule has 0 spiro atoms. The average molecular weight is 210 g/mol. The van der Waals surface area contributed by atoms with Crippen LogP contribution in [0.15, 0.2) is 6.07 Å². The highest BCUT2D eigenvalue weighted by Gasteiger charge is 2.02. The van der Waals surface area contributed by atoms with Gasteiger partial charge in [0.15, 0.2) is 0 Å². The first kappa shape index (κ1) is 11.2. The minimum absolute atomic E-state index is 0.0437. The van der Waals surface area contributed by atoms with Gasteiger partial charge in [0.2, 0.25) is 11.8 Å². The summed E-state index contributed by atoms with van der Waals surface area (Å²) in [5, 5.41) is 2.78. The van der Waals surface area contributed by atoms with Crippen LogP contribution in [-0.4, -0.2) is 29.0 Å². The highest BCUT2D eigenvalue weighted by atomic mass is 16.5. The minimum Gasteiger partial charge on any atom is -0.478 e. The molecule has 0 radical (unpaired) electrons. The van der Waals surface area contributed by atoms with Gasteiger partial charge in [0, 0.05) is 6.07 Å². The molecule has 1 rings (SSSR count). The van der Waals surface area contributed by atoms with Gasteiger partial charge in [-0.1, -0.05) is 0 Å². The zero-order valence-electron chi connectivity index (χ0n) is 8.78. The molecule has 0 saturated heterocycles. The number of nitrogens with two attached hydrogens (primary N) is 1. The second kappa shape index (κ2) is 5.14. The molecule has 1 aromatic rings. The maximum Gasteiger partial charge on any atom is 0.236 e. The number of primary amides is 1. The van der Waals surface area contributed by atoms with Crippen LogP contribution >= 0.6 is 0 Å². The molecule has 6 heteroatoms. The molecule has 1 amide bonds. The van der Waals surface area contributed by atoms with E-state index in [1.165, 1.54) is 0 Å². The minimum atomic E-state index is -0.441. The molecule has 0 aliphatic rings. The molecular formula is C9H14N4O2. The Morgan fingerprint density at radius 1 is 1.60 bits per heavy atom. The normalized spacial score (nSPS) is 9.73. The number of carbonyl (C=O) groups excluding carboxylic acids is 1. The molecule has 0 atom stereocenters. The van der Waals surface area contributed by atoms with Gasteiger partial charge in [-0.15, -0.1) is 0 Å². The van der Waals surface area contributed by atoms with Crippen molar-refractivity contribution >= 4 is 11.7 Å². The molecule has 0 aromatic carbocycles. The maximum absolute atomic E-state index is 10.6. The van der Waals surface area contributed by atoms with Crippen molar-refractivity contribution in [2.45, 2.75) is 13.8 Å². The third kappa shape index (κ3) is 3.80. The topological polar surface area (TPSA) is 90.1 Å². The van der Waals surface area contributed by atoms with Gasteiger partial charge in [0.1, 0.15) is 11.6 Å². The molecule has 1 aromatic heterocycles. The zero-order chi connectivity index (χ0) is 11.3. The Balaban J connectivity index is 2.74. The summed E-state index contributed by atoms with van der Waals surface area (Å²) in [5.74, 6) is 1.15. The number of aryl methyl sites for hydroxylation is 1. The van der Waals surface area contributed by atoms with Gasteiger partial charge in [0.25, 0.3) is 0 Å². The van der Waals surface area contributed by atoms with Crippen LogP contribution in [0.25, 0.3) is 0 Å². The van der Waals surface area contributed by atoms with Crippen molar-refractivity contribution in [3.8, 4) is 5.88 Å². The third-order valence-electron chi connectivity index (χ3n) is 1.55. The monoisotopic (exact) mass is 210 g/mol. The predicted molar refractivity (Wildman–Crippen MR) is 55.6 cm³/mol. The first-order valence-electron chi connectivity index (χ1n) is 4.62. The molecule has 15 heavy (non-hydrogen) atoms. The Hall–Kier alpha value is -1.85. The number of hydrogen-bond acceptors (Lipinski definition) is 5. The molecule has 0 bridgehead atoms. The Kier molecular flexibility index (Phi) is 3.84. The number of rotatable bonds is 5. The predicted octanol–water partition coefficient (Wildman–Crippen LogP) is 0.0809. The lowest BCUT2D eigenvalue weighted by Gasteiger charge is -2.07. The van der Waals surface area contributed by atoms with E-state index in [1.807, 2.05) is 6.92 Å². The quantitative estimate of drug-likeness (QED) is 0.718. The van der Waals surface area contributed by atoms with Crippen LogP contribution in [-0.2, 0) is 4.79 Å². The van der Waals surface area contributed by atoms with Gasteiger partial charge in [-0.25, -0.2) is 4.98 Å². The van der Waals surface area contributed by atoms with Crippen molar-refractivity contribution in [3.63, 3.8) is 0 Å². The van der Waals surface area contributed by atoms with Crippen molar-refractivity contribution in [3.05, 3.63) is 11.9 Å². The second-order valence-electron chi connectivity index (χ2n) is 2.89. The highest BCUT2D eigenvalue weighted by Crippen LogP contribution is 2.12. The van der Waals surface area contributed by atoms with Crippen molar-refractivity contribution in [2.75, 3.05) is 18.5 Å². The Labute approximate surface area is 87.9 Å². The van der Waals surface area contributed by atoms with Crippen molar-refractivity contribution in [1.82, 2.24) is 9.97 Å². The highest BCUT2D eigenvalue weighted by molar-refractivity contribution is 5.78. The van der Waals surface area contributed by atoms with Crippen LogP contribution in [0, 0.1) is 6.92 Å². The van der Waals surface area contributed by atoms with E-state index >= 15 is 0 Å². The average Bonchev–Trinajstić information content (AvgIpc) is 2.14. The van der Waals surface area contributed by atoms with Crippen LogP contribution in [0.1, 0.15) is 12.7 Å². The second-order valence-corrected chi connectivity index (χ2v) is 2.89. The summed E-state index contributed by atoms with van der Waals surface area (Å²) in [6, 6.07) is 1.62. The van der Waals surface area contributed by atoms with Gasteiger partial charge < -0.3 is 15.8 Å². The Morgan fingerprint density at radius 2 is 2.33 bits per heavy atom. The lowest BCUT2D eigenvalue weighted by atomic mass is 10.5. The number of carbonyl (C=O) groups is 1. The van der Waals surface area contributed by atoms with E-state index in [1.54, 1.807) is 13.0 Å². The summed E-state index contributed by atoms with van der Waals surface area (Å²) in [6.45, 7) is 4.19. The van der Waals surface area contributed by atoms with E-state index in [2.05, 4.69) is 15.3 Å². The van der Waals surface area contributed by atoms with E-state index < -0.39 is 5.91 Å². The summed E-state index contributed by atoms with van der Waals surface area (Å²) in [5.41, 5.74) is 5.00. The van der Waals surface area contributed by atoms with Crippen LogP contribution in [0.5, 0.6) is 5.88 Å². The van der Waals surface area contributed by atoms with Gasteiger partial charge in [-0.2, -0.15) is 4.98 Å².